The number of anilines is 1. The molecule has 3 N–H and O–H groups in total. The molecule has 17 nitrogen and oxygen atoms in total. The second kappa shape index (κ2) is 16.0. The van der Waals surface area contributed by atoms with E-state index in [9.17, 15) is 28.8 Å². The van der Waals surface area contributed by atoms with Gasteiger partial charge in [0.05, 0.1) is 58.0 Å². The van der Waals surface area contributed by atoms with Crippen LogP contribution in [-0.4, -0.2) is 113 Å². The Labute approximate surface area is 394 Å². The lowest BCUT2D eigenvalue weighted by atomic mass is 9.91. The van der Waals surface area contributed by atoms with Crippen molar-refractivity contribution in [3.05, 3.63) is 119 Å². The first kappa shape index (κ1) is 42.7. The van der Waals surface area contributed by atoms with E-state index in [1.807, 2.05) is 38.2 Å². The largest absolute Gasteiger partial charge is 0.491 e. The van der Waals surface area contributed by atoms with E-state index in [1.165, 1.54) is 0 Å². The molecular weight excluding hydrogens is 883 g/mol. The Morgan fingerprint density at radius 1 is 0.855 bits per heavy atom. The summed E-state index contributed by atoms with van der Waals surface area (Å²) in [7, 11) is 3.48. The quantitative estimate of drug-likeness (QED) is 0.0990. The predicted molar refractivity (Wildman–Crippen MR) is 253 cm³/mol. The summed E-state index contributed by atoms with van der Waals surface area (Å²) in [6, 6.07) is 26.8. The van der Waals surface area contributed by atoms with Crippen LogP contribution in [0.3, 0.4) is 0 Å². The number of hydrogen-bond donors (Lipinski definition) is 3. The van der Waals surface area contributed by atoms with E-state index < -0.39 is 53.8 Å². The number of carbonyl (C=O) groups excluding carboxylic acids is 6. The second-order valence-electron chi connectivity index (χ2n) is 18.3. The zero-order valence-corrected chi connectivity index (χ0v) is 38.0. The molecule has 0 aliphatic carbocycles. The summed E-state index contributed by atoms with van der Waals surface area (Å²) in [4.78, 5) is 81.7. The topological polar surface area (TPSA) is 192 Å². The number of fused-ring (bicyclic) bond motifs is 14. The van der Waals surface area contributed by atoms with Gasteiger partial charge in [-0.3, -0.25) is 39.0 Å². The summed E-state index contributed by atoms with van der Waals surface area (Å²) in [5.41, 5.74) is 5.68. The molecule has 5 aliphatic heterocycles. The minimum Gasteiger partial charge on any atom is -0.491 e. The van der Waals surface area contributed by atoms with Crippen LogP contribution in [0.15, 0.2) is 91.0 Å². The summed E-state index contributed by atoms with van der Waals surface area (Å²) < 4.78 is 30.0. The fourth-order valence-corrected chi connectivity index (χ4v) is 11.7. The van der Waals surface area contributed by atoms with Crippen LogP contribution in [0.5, 0.6) is 5.75 Å². The number of para-hydroxylation sites is 2. The van der Waals surface area contributed by atoms with E-state index in [2.05, 4.69) is 49.4 Å². The van der Waals surface area contributed by atoms with E-state index in [4.69, 9.17) is 18.9 Å². The van der Waals surface area contributed by atoms with Crippen molar-refractivity contribution >= 4 is 84.7 Å². The third-order valence-electron chi connectivity index (χ3n) is 14.6. The van der Waals surface area contributed by atoms with Crippen LogP contribution in [0.4, 0.5) is 5.69 Å². The van der Waals surface area contributed by atoms with E-state index in [-0.39, 0.29) is 55.6 Å². The van der Waals surface area contributed by atoms with Crippen molar-refractivity contribution in [2.75, 3.05) is 45.8 Å². The second-order valence-corrected chi connectivity index (χ2v) is 18.3. The molecule has 350 valence electrons. The number of imide groups is 2. The monoisotopic (exact) mass is 929 g/mol. The maximum absolute atomic E-state index is 14.5. The smallest absolute Gasteiger partial charge is 0.264 e. The maximum Gasteiger partial charge on any atom is 0.264 e. The number of piperidine rings is 1. The molecule has 0 spiro atoms. The number of benzene rings is 5. The van der Waals surface area contributed by atoms with Crippen molar-refractivity contribution in [2.24, 2.45) is 0 Å². The number of ether oxygens (including phenoxy) is 4. The first-order valence-corrected chi connectivity index (χ1v) is 23.2. The fraction of sp³-hybridized carbons (Fsp3) is 0.308. The Morgan fingerprint density at radius 3 is 2.38 bits per heavy atom. The number of hydrogen-bond acceptors (Lipinski definition) is 11. The molecule has 2 bridgehead atoms. The molecule has 7 aromatic rings. The van der Waals surface area contributed by atoms with Crippen LogP contribution >= 0.6 is 0 Å². The Bertz CT molecular complexity index is 3400. The van der Waals surface area contributed by atoms with Gasteiger partial charge < -0.3 is 43.6 Å². The van der Waals surface area contributed by atoms with Gasteiger partial charge in [-0.15, -0.1) is 0 Å². The van der Waals surface area contributed by atoms with Gasteiger partial charge in [-0.2, -0.15) is 0 Å². The lowest BCUT2D eigenvalue weighted by Gasteiger charge is -2.50. The molecule has 5 aromatic carbocycles. The third kappa shape index (κ3) is 6.26. The molecule has 2 saturated heterocycles. The van der Waals surface area contributed by atoms with Crippen LogP contribution in [-0.2, 0) is 36.1 Å². The minimum atomic E-state index is -1.09. The van der Waals surface area contributed by atoms with E-state index in [1.54, 1.807) is 54.5 Å². The number of amides is 6. The molecule has 12 rings (SSSR count). The van der Waals surface area contributed by atoms with Crippen molar-refractivity contribution < 1.29 is 47.7 Å². The van der Waals surface area contributed by atoms with Gasteiger partial charge in [0.2, 0.25) is 11.8 Å². The Hall–Kier alpha value is -7.60. The zero-order valence-electron chi connectivity index (χ0n) is 38.0. The van der Waals surface area contributed by atoms with Crippen LogP contribution < -0.4 is 20.7 Å². The van der Waals surface area contributed by atoms with Gasteiger partial charge in [0, 0.05) is 72.9 Å². The van der Waals surface area contributed by atoms with Gasteiger partial charge in [-0.25, -0.2) is 0 Å². The van der Waals surface area contributed by atoms with Crippen molar-refractivity contribution in [3.8, 4) is 5.75 Å². The zero-order chi connectivity index (χ0) is 47.5. The number of nitrogens with one attached hydrogen (secondary N) is 3. The van der Waals surface area contributed by atoms with Gasteiger partial charge >= 0.3 is 0 Å². The number of aromatic nitrogens is 2. The standard InChI is InChI=1S/C52H47N7O10/c1-52-46(66-3)37(25-39(69-52)57-34-13-6-4-9-29(34)42-43-32(26-54-48(43)62)40-30-10-5-7-14-35(30)59(52)45(40)44(42)57)56(2)49(63)27-15-17-28(18-16-27)68-24-23-67-22-21-53-33-12-8-11-31-41(33)51(65)58(50(31)64)36-19-20-38(60)55-47(36)61/h4-18,36-37,39,46,53H,19-26H2,1-3H3,(H,54,62)(H,55,60,61)/t36?,37?,39-,46?,52+/m1/s1. The molecule has 2 fully saturated rings. The number of rotatable bonds is 12. The van der Waals surface area contributed by atoms with Crippen molar-refractivity contribution in [1.29, 1.82) is 0 Å². The summed E-state index contributed by atoms with van der Waals surface area (Å²) in [6.45, 7) is 3.55. The van der Waals surface area contributed by atoms with Crippen molar-refractivity contribution in [2.45, 2.75) is 62.9 Å². The summed E-state index contributed by atoms with van der Waals surface area (Å²) >= 11 is 0. The molecule has 5 atom stereocenters. The highest BCUT2D eigenvalue weighted by Gasteiger charge is 2.55. The normalized spacial score (nSPS) is 22.7. The van der Waals surface area contributed by atoms with Crippen LogP contribution in [0.1, 0.15) is 79.4 Å². The summed E-state index contributed by atoms with van der Waals surface area (Å²) in [5.74, 6) is -1.97. The molecule has 3 unspecified atom stereocenters. The number of nitrogens with zero attached hydrogens (tertiary/aromatic N) is 4. The predicted octanol–water partition coefficient (Wildman–Crippen LogP) is 5.82. The van der Waals surface area contributed by atoms with E-state index >= 15 is 0 Å². The van der Waals surface area contributed by atoms with E-state index in [0.717, 1.165) is 54.1 Å². The Morgan fingerprint density at radius 2 is 1.61 bits per heavy atom. The first-order chi connectivity index (χ1) is 33.5. The van der Waals surface area contributed by atoms with Crippen LogP contribution in [0, 0.1) is 0 Å². The molecule has 6 amide bonds. The van der Waals surface area contributed by atoms with Crippen molar-refractivity contribution in [1.82, 2.24) is 29.6 Å². The van der Waals surface area contributed by atoms with Gasteiger partial charge in [0.25, 0.3) is 23.6 Å². The van der Waals surface area contributed by atoms with Crippen LogP contribution in [0.25, 0.3) is 43.6 Å². The number of methoxy groups -OCH3 is 1. The lowest BCUT2D eigenvalue weighted by Crippen LogP contribution is -2.61. The molecule has 5 aliphatic rings. The molecule has 0 radical (unpaired) electrons. The average molecular weight is 930 g/mol. The molecule has 17 heteroatoms. The maximum atomic E-state index is 14.5. The summed E-state index contributed by atoms with van der Waals surface area (Å²) in [5, 5.41) is 12.4. The van der Waals surface area contributed by atoms with Gasteiger partial charge in [-0.1, -0.05) is 42.5 Å². The van der Waals surface area contributed by atoms with Gasteiger partial charge in [0.15, 0.2) is 5.72 Å². The van der Waals surface area contributed by atoms with Crippen LogP contribution in [0.2, 0.25) is 0 Å². The number of likely N-dealkylation sites (N-methyl/N-ethyl adjacent to an activating group) is 1. The van der Waals surface area contributed by atoms with Gasteiger partial charge in [-0.05, 0) is 67.4 Å². The first-order valence-electron chi connectivity index (χ1n) is 23.2. The van der Waals surface area contributed by atoms with Crippen molar-refractivity contribution in [3.63, 3.8) is 0 Å². The molecular formula is C52H47N7O10. The molecule has 7 heterocycles. The Balaban J connectivity index is 0.731. The van der Waals surface area contributed by atoms with E-state index in [0.29, 0.717) is 42.1 Å². The highest BCUT2D eigenvalue weighted by atomic mass is 16.6. The molecule has 0 saturated carbocycles. The minimum absolute atomic E-state index is 0.0428. The fourth-order valence-electron chi connectivity index (χ4n) is 11.7. The highest BCUT2D eigenvalue weighted by molar-refractivity contribution is 6.31. The lowest BCUT2D eigenvalue weighted by molar-refractivity contribution is -0.264. The summed E-state index contributed by atoms with van der Waals surface area (Å²) in [6.07, 6.45) is -0.582. The molecule has 2 aromatic heterocycles. The van der Waals surface area contributed by atoms with Gasteiger partial charge in [0.1, 0.15) is 30.7 Å². The molecule has 69 heavy (non-hydrogen) atoms. The number of carbonyl (C=O) groups is 6. The Kier molecular flexibility index (Phi) is 9.91. The highest BCUT2D eigenvalue weighted by Crippen LogP contribution is 2.54. The third-order valence-corrected chi connectivity index (χ3v) is 14.6. The average Bonchev–Trinajstić information content (AvgIpc) is 4.07. The SMILES string of the molecule is COC1C(N(C)C(=O)c2ccc(OCCOCCNc3cccc4c3C(=O)N(C3CCC(=O)NC3=O)C4=O)cc2)C[C@H]2O[C@]1(C)n1c3ccccc3c3c4c(c5c6ccccc6n2c5c31)C(=O)NC4.